The van der Waals surface area contributed by atoms with Gasteiger partial charge in [-0.05, 0) is 37.5 Å². The van der Waals surface area contributed by atoms with Crippen LogP contribution in [0.4, 0.5) is 9.18 Å². The Morgan fingerprint density at radius 1 is 1.39 bits per heavy atom. The number of carboxylic acid groups (broad SMARTS) is 1. The second-order valence-corrected chi connectivity index (χ2v) is 7.68. The van der Waals surface area contributed by atoms with Crippen molar-refractivity contribution in [2.24, 2.45) is 5.41 Å². The highest BCUT2D eigenvalue weighted by Gasteiger charge is 2.56. The summed E-state index contributed by atoms with van der Waals surface area (Å²) < 4.78 is 18.5. The molecule has 0 radical (unpaired) electrons. The lowest BCUT2D eigenvalue weighted by Crippen LogP contribution is -2.51. The van der Waals surface area contributed by atoms with Gasteiger partial charge in [0.1, 0.15) is 17.3 Å². The minimum absolute atomic E-state index is 0.0755. The van der Waals surface area contributed by atoms with Crippen molar-refractivity contribution in [3.05, 3.63) is 53.2 Å². The molecule has 2 fully saturated rings. The standard InChI is InChI=1S/C20H22FN3O4/c1-13-9-16(22-28-13)10-24-11-17(14-3-5-15(21)6-4-14)20(18(24)25)7-2-8-23(12-20)19(26)27/h3-6,9,17H,2,7-8,10-12H2,1H3,(H,26,27). The number of hydrogen-bond donors (Lipinski definition) is 1. The number of rotatable bonds is 3. The average molecular weight is 387 g/mol. The minimum Gasteiger partial charge on any atom is -0.465 e. The number of nitrogens with zero attached hydrogens (tertiary/aromatic N) is 3. The predicted octanol–water partition coefficient (Wildman–Crippen LogP) is 3.01. The molecule has 2 aliphatic heterocycles. The summed E-state index contributed by atoms with van der Waals surface area (Å²) in [6.07, 6.45) is 0.203. The Hall–Kier alpha value is -2.90. The maximum absolute atomic E-state index is 13.5. The van der Waals surface area contributed by atoms with Crippen molar-refractivity contribution in [2.75, 3.05) is 19.6 Å². The molecule has 0 bridgehead atoms. The molecule has 148 valence electrons. The molecular weight excluding hydrogens is 365 g/mol. The maximum Gasteiger partial charge on any atom is 0.407 e. The summed E-state index contributed by atoms with van der Waals surface area (Å²) in [6, 6.07) is 7.94. The summed E-state index contributed by atoms with van der Waals surface area (Å²) in [5.41, 5.74) is 0.667. The van der Waals surface area contributed by atoms with Crippen LogP contribution in [0.3, 0.4) is 0 Å². The molecule has 0 saturated carbocycles. The molecule has 1 aromatic carbocycles. The van der Waals surface area contributed by atoms with Gasteiger partial charge < -0.3 is 19.4 Å². The van der Waals surface area contributed by atoms with E-state index < -0.39 is 11.5 Å². The van der Waals surface area contributed by atoms with E-state index in [0.29, 0.717) is 43.9 Å². The molecule has 1 aromatic heterocycles. The zero-order valence-corrected chi connectivity index (χ0v) is 15.6. The van der Waals surface area contributed by atoms with Gasteiger partial charge in [-0.15, -0.1) is 0 Å². The highest BCUT2D eigenvalue weighted by Crippen LogP contribution is 2.49. The number of carbonyl (C=O) groups excluding carboxylic acids is 1. The van der Waals surface area contributed by atoms with Crippen molar-refractivity contribution in [1.82, 2.24) is 15.0 Å². The van der Waals surface area contributed by atoms with E-state index in [9.17, 15) is 19.1 Å². The molecular formula is C20H22FN3O4. The average Bonchev–Trinajstić information content (AvgIpc) is 3.19. The van der Waals surface area contributed by atoms with Gasteiger partial charge in [0, 0.05) is 31.6 Å². The normalized spacial score (nSPS) is 24.9. The van der Waals surface area contributed by atoms with E-state index in [4.69, 9.17) is 4.52 Å². The van der Waals surface area contributed by atoms with Crippen LogP contribution in [0.2, 0.25) is 0 Å². The lowest BCUT2D eigenvalue weighted by molar-refractivity contribution is -0.139. The fourth-order valence-corrected chi connectivity index (χ4v) is 4.59. The van der Waals surface area contributed by atoms with Crippen LogP contribution in [0.15, 0.2) is 34.9 Å². The van der Waals surface area contributed by atoms with Crippen LogP contribution in [-0.2, 0) is 11.3 Å². The van der Waals surface area contributed by atoms with E-state index in [1.165, 1.54) is 17.0 Å². The van der Waals surface area contributed by atoms with Crippen molar-refractivity contribution in [3.63, 3.8) is 0 Å². The van der Waals surface area contributed by atoms with Crippen LogP contribution in [0.5, 0.6) is 0 Å². The van der Waals surface area contributed by atoms with E-state index in [1.54, 1.807) is 30.0 Å². The van der Waals surface area contributed by atoms with Gasteiger partial charge in [0.05, 0.1) is 12.0 Å². The molecule has 1 N–H and O–H groups in total. The van der Waals surface area contributed by atoms with Crippen LogP contribution in [0.25, 0.3) is 0 Å². The third-order valence-corrected chi connectivity index (χ3v) is 5.88. The molecule has 0 aliphatic carbocycles. The Morgan fingerprint density at radius 3 is 2.79 bits per heavy atom. The van der Waals surface area contributed by atoms with E-state index in [0.717, 1.165) is 5.56 Å². The maximum atomic E-state index is 13.5. The third kappa shape index (κ3) is 3.12. The van der Waals surface area contributed by atoms with Crippen LogP contribution in [-0.4, -0.2) is 51.7 Å². The summed E-state index contributed by atoms with van der Waals surface area (Å²) in [6.45, 7) is 3.10. The molecule has 3 heterocycles. The Kier molecular flexibility index (Phi) is 4.56. The number of carbonyl (C=O) groups is 2. The second-order valence-electron chi connectivity index (χ2n) is 7.68. The van der Waals surface area contributed by atoms with Gasteiger partial charge in [-0.2, -0.15) is 0 Å². The number of halogens is 1. The quantitative estimate of drug-likeness (QED) is 0.875. The third-order valence-electron chi connectivity index (χ3n) is 5.88. The molecule has 2 atom stereocenters. The number of aromatic nitrogens is 1. The van der Waals surface area contributed by atoms with Crippen LogP contribution in [0.1, 0.15) is 35.8 Å². The fourth-order valence-electron chi connectivity index (χ4n) is 4.59. The molecule has 2 unspecified atom stereocenters. The van der Waals surface area contributed by atoms with Gasteiger partial charge in [-0.25, -0.2) is 9.18 Å². The zero-order chi connectivity index (χ0) is 19.9. The molecule has 28 heavy (non-hydrogen) atoms. The monoisotopic (exact) mass is 387 g/mol. The molecule has 2 aromatic rings. The van der Waals surface area contributed by atoms with Crippen LogP contribution < -0.4 is 0 Å². The molecule has 8 heteroatoms. The minimum atomic E-state index is -1.02. The first-order chi connectivity index (χ1) is 13.4. The fraction of sp³-hybridized carbons (Fsp3) is 0.450. The SMILES string of the molecule is Cc1cc(CN2CC(c3ccc(F)cc3)C3(CCCN(C(=O)O)C3)C2=O)no1. The smallest absolute Gasteiger partial charge is 0.407 e. The van der Waals surface area contributed by atoms with E-state index in [1.807, 2.05) is 0 Å². The molecule has 2 amide bonds. The summed E-state index contributed by atoms with van der Waals surface area (Å²) in [7, 11) is 0. The number of piperidine rings is 1. The second kappa shape index (κ2) is 6.92. The number of benzene rings is 1. The summed E-state index contributed by atoms with van der Waals surface area (Å²) in [4.78, 5) is 28.1. The predicted molar refractivity (Wildman–Crippen MR) is 97.1 cm³/mol. The summed E-state index contributed by atoms with van der Waals surface area (Å²) in [5, 5.41) is 13.5. The van der Waals surface area contributed by atoms with Crippen molar-refractivity contribution in [1.29, 1.82) is 0 Å². The highest BCUT2D eigenvalue weighted by atomic mass is 19.1. The summed E-state index contributed by atoms with van der Waals surface area (Å²) in [5.74, 6) is 0.0400. The topological polar surface area (TPSA) is 86.9 Å². The van der Waals surface area contributed by atoms with E-state index in [-0.39, 0.29) is 24.2 Å². The molecule has 2 saturated heterocycles. The van der Waals surface area contributed by atoms with Crippen molar-refractivity contribution < 1.29 is 23.6 Å². The number of hydrogen-bond acceptors (Lipinski definition) is 4. The Morgan fingerprint density at radius 2 is 2.14 bits per heavy atom. The lowest BCUT2D eigenvalue weighted by Gasteiger charge is -2.41. The Balaban J connectivity index is 1.69. The lowest BCUT2D eigenvalue weighted by atomic mass is 9.69. The van der Waals surface area contributed by atoms with Gasteiger partial charge in [-0.3, -0.25) is 4.79 Å². The van der Waals surface area contributed by atoms with Crippen molar-refractivity contribution in [2.45, 2.75) is 32.2 Å². The van der Waals surface area contributed by atoms with Gasteiger partial charge in [0.25, 0.3) is 0 Å². The van der Waals surface area contributed by atoms with Gasteiger partial charge in [0.15, 0.2) is 0 Å². The first-order valence-electron chi connectivity index (χ1n) is 9.34. The molecule has 2 aliphatic rings. The largest absolute Gasteiger partial charge is 0.465 e. The summed E-state index contributed by atoms with van der Waals surface area (Å²) >= 11 is 0. The molecule has 4 rings (SSSR count). The first-order valence-corrected chi connectivity index (χ1v) is 9.34. The van der Waals surface area contributed by atoms with Crippen molar-refractivity contribution in [3.8, 4) is 0 Å². The molecule has 7 nitrogen and oxygen atoms in total. The first kappa shape index (κ1) is 18.5. The zero-order valence-electron chi connectivity index (χ0n) is 15.6. The Labute approximate surface area is 161 Å². The molecule has 1 spiro atoms. The number of aryl methyl sites for hydroxylation is 1. The van der Waals surface area contributed by atoms with Crippen LogP contribution >= 0.6 is 0 Å². The van der Waals surface area contributed by atoms with Gasteiger partial charge in [0.2, 0.25) is 5.91 Å². The van der Waals surface area contributed by atoms with E-state index in [2.05, 4.69) is 5.16 Å². The van der Waals surface area contributed by atoms with E-state index >= 15 is 0 Å². The van der Waals surface area contributed by atoms with Gasteiger partial charge >= 0.3 is 6.09 Å². The van der Waals surface area contributed by atoms with Gasteiger partial charge in [-0.1, -0.05) is 17.3 Å². The number of amides is 2. The van der Waals surface area contributed by atoms with Crippen molar-refractivity contribution >= 4 is 12.0 Å². The Bertz CT molecular complexity index is 897. The number of likely N-dealkylation sites (tertiary alicyclic amines) is 2. The van der Waals surface area contributed by atoms with Crippen LogP contribution in [0, 0.1) is 18.2 Å². The highest BCUT2D eigenvalue weighted by molar-refractivity contribution is 5.87.